The van der Waals surface area contributed by atoms with Gasteiger partial charge in [-0.2, -0.15) is 0 Å². The monoisotopic (exact) mass is 286 g/mol. The molecule has 5 nitrogen and oxygen atoms in total. The Kier molecular flexibility index (Phi) is 4.77. The number of carbonyl (C=O) groups is 1. The summed E-state index contributed by atoms with van der Waals surface area (Å²) in [7, 11) is 1.58. The normalized spacial score (nSPS) is 10.3. The molecule has 1 aromatic carbocycles. The molecule has 0 atom stereocenters. The van der Waals surface area contributed by atoms with E-state index >= 15 is 0 Å². The number of pyridine rings is 1. The van der Waals surface area contributed by atoms with Gasteiger partial charge in [0, 0.05) is 24.0 Å². The van der Waals surface area contributed by atoms with Crippen molar-refractivity contribution in [3.05, 3.63) is 48.2 Å². The smallest absolute Gasteiger partial charge is 0.257 e. The van der Waals surface area contributed by atoms with Gasteiger partial charge < -0.3 is 14.8 Å². The second-order valence-corrected chi connectivity index (χ2v) is 4.74. The van der Waals surface area contributed by atoms with Crippen molar-refractivity contribution in [2.75, 3.05) is 12.4 Å². The number of nitrogens with zero attached hydrogens (tertiary/aromatic N) is 1. The number of hydrogen-bond donors (Lipinski definition) is 1. The number of aromatic nitrogens is 1. The van der Waals surface area contributed by atoms with Crippen LogP contribution in [-0.4, -0.2) is 24.1 Å². The molecule has 1 amide bonds. The van der Waals surface area contributed by atoms with Crippen molar-refractivity contribution >= 4 is 11.6 Å². The van der Waals surface area contributed by atoms with E-state index in [9.17, 15) is 4.79 Å². The Morgan fingerprint density at radius 2 is 2.05 bits per heavy atom. The highest BCUT2D eigenvalue weighted by molar-refractivity contribution is 6.04. The number of anilines is 1. The summed E-state index contributed by atoms with van der Waals surface area (Å²) in [6, 6.07) is 10.5. The number of ether oxygens (including phenoxy) is 2. The lowest BCUT2D eigenvalue weighted by molar-refractivity contribution is 0.102. The molecular weight excluding hydrogens is 268 g/mol. The van der Waals surface area contributed by atoms with Gasteiger partial charge >= 0.3 is 0 Å². The number of methoxy groups -OCH3 is 1. The molecular formula is C16H18N2O3. The van der Waals surface area contributed by atoms with Gasteiger partial charge in [-0.05, 0) is 32.0 Å². The minimum absolute atomic E-state index is 0.0500. The van der Waals surface area contributed by atoms with Crippen molar-refractivity contribution in [3.63, 3.8) is 0 Å². The summed E-state index contributed by atoms with van der Waals surface area (Å²) in [4.78, 5) is 16.2. The Morgan fingerprint density at radius 1 is 1.24 bits per heavy atom. The minimum Gasteiger partial charge on any atom is -0.497 e. The van der Waals surface area contributed by atoms with Crippen molar-refractivity contribution in [3.8, 4) is 11.6 Å². The third-order valence-electron chi connectivity index (χ3n) is 2.68. The molecule has 0 aliphatic rings. The molecule has 0 spiro atoms. The summed E-state index contributed by atoms with van der Waals surface area (Å²) in [5.41, 5.74) is 1.13. The molecule has 2 rings (SSSR count). The number of rotatable bonds is 5. The van der Waals surface area contributed by atoms with E-state index in [0.29, 0.717) is 22.9 Å². The second kappa shape index (κ2) is 6.74. The first-order chi connectivity index (χ1) is 10.1. The average Bonchev–Trinajstić information content (AvgIpc) is 2.47. The van der Waals surface area contributed by atoms with E-state index in [1.807, 2.05) is 26.0 Å². The van der Waals surface area contributed by atoms with Crippen LogP contribution in [0.4, 0.5) is 5.69 Å². The van der Waals surface area contributed by atoms with Gasteiger partial charge in [-0.1, -0.05) is 6.07 Å². The van der Waals surface area contributed by atoms with Crippen LogP contribution >= 0.6 is 0 Å². The van der Waals surface area contributed by atoms with Crippen LogP contribution in [-0.2, 0) is 0 Å². The van der Waals surface area contributed by atoms with Crippen LogP contribution in [0, 0.1) is 0 Å². The molecule has 0 saturated heterocycles. The molecule has 5 heteroatoms. The topological polar surface area (TPSA) is 60.5 Å². The van der Waals surface area contributed by atoms with Gasteiger partial charge in [0.1, 0.15) is 5.75 Å². The number of carbonyl (C=O) groups excluding carboxylic acids is 1. The van der Waals surface area contributed by atoms with Crippen LogP contribution in [0.1, 0.15) is 24.2 Å². The van der Waals surface area contributed by atoms with Crippen LogP contribution in [0.3, 0.4) is 0 Å². The summed E-state index contributed by atoms with van der Waals surface area (Å²) in [6.45, 7) is 3.84. The SMILES string of the molecule is COc1cccc(NC(=O)c2ccc(OC(C)C)nc2)c1. The molecule has 0 bridgehead atoms. The number of hydrogen-bond acceptors (Lipinski definition) is 4. The lowest BCUT2D eigenvalue weighted by Crippen LogP contribution is -2.13. The Balaban J connectivity index is 2.05. The molecule has 2 aromatic rings. The fourth-order valence-corrected chi connectivity index (χ4v) is 1.73. The maximum absolute atomic E-state index is 12.1. The first-order valence-electron chi connectivity index (χ1n) is 6.66. The van der Waals surface area contributed by atoms with Crippen molar-refractivity contribution in [1.82, 2.24) is 4.98 Å². The van der Waals surface area contributed by atoms with E-state index in [-0.39, 0.29) is 12.0 Å². The minimum atomic E-state index is -0.230. The number of nitrogens with one attached hydrogen (secondary N) is 1. The first kappa shape index (κ1) is 14.8. The second-order valence-electron chi connectivity index (χ2n) is 4.74. The third kappa shape index (κ3) is 4.21. The zero-order chi connectivity index (χ0) is 15.2. The van der Waals surface area contributed by atoms with E-state index in [1.54, 1.807) is 31.4 Å². The highest BCUT2D eigenvalue weighted by Crippen LogP contribution is 2.18. The van der Waals surface area contributed by atoms with Crippen molar-refractivity contribution in [1.29, 1.82) is 0 Å². The number of amides is 1. The molecule has 1 heterocycles. The Hall–Kier alpha value is -2.56. The van der Waals surface area contributed by atoms with Gasteiger partial charge in [0.15, 0.2) is 0 Å². The number of benzene rings is 1. The van der Waals surface area contributed by atoms with Gasteiger partial charge in [0.25, 0.3) is 5.91 Å². The zero-order valence-electron chi connectivity index (χ0n) is 12.3. The van der Waals surface area contributed by atoms with Crippen LogP contribution in [0.15, 0.2) is 42.6 Å². The zero-order valence-corrected chi connectivity index (χ0v) is 12.3. The van der Waals surface area contributed by atoms with E-state index in [0.717, 1.165) is 0 Å². The molecule has 0 radical (unpaired) electrons. The molecule has 0 aliphatic carbocycles. The van der Waals surface area contributed by atoms with Crippen LogP contribution < -0.4 is 14.8 Å². The lowest BCUT2D eigenvalue weighted by atomic mass is 10.2. The molecule has 0 aliphatic heterocycles. The fraction of sp³-hybridized carbons (Fsp3) is 0.250. The van der Waals surface area contributed by atoms with Crippen molar-refractivity contribution in [2.45, 2.75) is 20.0 Å². The molecule has 0 saturated carbocycles. The van der Waals surface area contributed by atoms with Crippen LogP contribution in [0.25, 0.3) is 0 Å². The summed E-state index contributed by atoms with van der Waals surface area (Å²) >= 11 is 0. The highest BCUT2D eigenvalue weighted by Gasteiger charge is 2.08. The summed E-state index contributed by atoms with van der Waals surface area (Å²) in [5, 5.41) is 2.79. The molecule has 1 aromatic heterocycles. The van der Waals surface area contributed by atoms with E-state index in [2.05, 4.69) is 10.3 Å². The summed E-state index contributed by atoms with van der Waals surface area (Å²) < 4.78 is 10.6. The van der Waals surface area contributed by atoms with Crippen LogP contribution in [0.5, 0.6) is 11.6 Å². The van der Waals surface area contributed by atoms with E-state index < -0.39 is 0 Å². The van der Waals surface area contributed by atoms with Gasteiger partial charge in [0.2, 0.25) is 5.88 Å². The lowest BCUT2D eigenvalue weighted by Gasteiger charge is -2.09. The van der Waals surface area contributed by atoms with Crippen LogP contribution in [0.2, 0.25) is 0 Å². The predicted molar refractivity (Wildman–Crippen MR) is 80.9 cm³/mol. The maximum atomic E-state index is 12.1. The van der Waals surface area contributed by atoms with Gasteiger partial charge in [-0.3, -0.25) is 4.79 Å². The van der Waals surface area contributed by atoms with Crippen molar-refractivity contribution < 1.29 is 14.3 Å². The average molecular weight is 286 g/mol. The summed E-state index contributed by atoms with van der Waals surface area (Å²) in [5.74, 6) is 0.960. The summed E-state index contributed by atoms with van der Waals surface area (Å²) in [6.07, 6.45) is 1.54. The van der Waals surface area contributed by atoms with Gasteiger partial charge in [-0.15, -0.1) is 0 Å². The molecule has 0 unspecified atom stereocenters. The largest absolute Gasteiger partial charge is 0.497 e. The van der Waals surface area contributed by atoms with Gasteiger partial charge in [-0.25, -0.2) is 4.98 Å². The molecule has 110 valence electrons. The van der Waals surface area contributed by atoms with Gasteiger partial charge in [0.05, 0.1) is 18.8 Å². The van der Waals surface area contributed by atoms with E-state index in [4.69, 9.17) is 9.47 Å². The Labute approximate surface area is 123 Å². The fourth-order valence-electron chi connectivity index (χ4n) is 1.73. The third-order valence-corrected chi connectivity index (χ3v) is 2.68. The van der Waals surface area contributed by atoms with E-state index in [1.165, 1.54) is 6.20 Å². The van der Waals surface area contributed by atoms with Crippen molar-refractivity contribution in [2.24, 2.45) is 0 Å². The Bertz CT molecular complexity index is 609. The predicted octanol–water partition coefficient (Wildman–Crippen LogP) is 3.13. The molecule has 1 N–H and O–H groups in total. The molecule has 0 fully saturated rings. The maximum Gasteiger partial charge on any atom is 0.257 e. The molecule has 21 heavy (non-hydrogen) atoms. The quantitative estimate of drug-likeness (QED) is 0.917. The standard InChI is InChI=1S/C16H18N2O3/c1-11(2)21-15-8-7-12(10-17-15)16(19)18-13-5-4-6-14(9-13)20-3/h4-11H,1-3H3,(H,18,19). The highest BCUT2D eigenvalue weighted by atomic mass is 16.5. The first-order valence-corrected chi connectivity index (χ1v) is 6.66. The Morgan fingerprint density at radius 3 is 2.67 bits per heavy atom.